The van der Waals surface area contributed by atoms with Gasteiger partial charge < -0.3 is 14.8 Å². The third-order valence-electron chi connectivity index (χ3n) is 3.85. The Hall–Kier alpha value is -2.65. The summed E-state index contributed by atoms with van der Waals surface area (Å²) >= 11 is 1.43. The zero-order valence-corrected chi connectivity index (χ0v) is 15.3. The number of rotatable bonds is 6. The van der Waals surface area contributed by atoms with Crippen LogP contribution in [0, 0.1) is 11.3 Å². The molecule has 0 bridgehead atoms. The molecule has 0 aromatic heterocycles. The predicted octanol–water partition coefficient (Wildman–Crippen LogP) is 3.48. The number of dihydropyridines is 1. The van der Waals surface area contributed by atoms with Crippen LogP contribution in [0.1, 0.15) is 18.4 Å². The van der Waals surface area contributed by atoms with Gasteiger partial charge >= 0.3 is 5.97 Å². The number of benzene rings is 1. The minimum absolute atomic E-state index is 0.106. The van der Waals surface area contributed by atoms with Gasteiger partial charge in [-0.1, -0.05) is 30.9 Å². The van der Waals surface area contributed by atoms with Gasteiger partial charge in [-0.2, -0.15) is 5.26 Å². The van der Waals surface area contributed by atoms with Gasteiger partial charge in [0.1, 0.15) is 12.4 Å². The molecule has 25 heavy (non-hydrogen) atoms. The molecule has 0 aliphatic carbocycles. The Morgan fingerprint density at radius 1 is 1.48 bits per heavy atom. The molecule has 5 nitrogen and oxygen atoms in total. The van der Waals surface area contributed by atoms with Gasteiger partial charge in [-0.3, -0.25) is 0 Å². The number of para-hydroxylation sites is 1. The fourth-order valence-corrected chi connectivity index (χ4v) is 3.41. The van der Waals surface area contributed by atoms with Crippen molar-refractivity contribution in [2.45, 2.75) is 12.8 Å². The highest BCUT2D eigenvalue weighted by Gasteiger charge is 2.36. The number of esters is 1. The van der Waals surface area contributed by atoms with Crippen LogP contribution >= 0.6 is 11.8 Å². The SMILES string of the molecule is C=CCOC(=O)C1=C(C)NC(SC)=C(C#N)[C@@H]1c1ccccc1OC. The topological polar surface area (TPSA) is 71.3 Å². The third kappa shape index (κ3) is 3.72. The van der Waals surface area contributed by atoms with E-state index >= 15 is 0 Å². The number of nitrogens with one attached hydrogen (secondary N) is 1. The average Bonchev–Trinajstić information content (AvgIpc) is 2.64. The van der Waals surface area contributed by atoms with Crippen molar-refractivity contribution in [2.24, 2.45) is 0 Å². The lowest BCUT2D eigenvalue weighted by atomic mass is 9.82. The van der Waals surface area contributed by atoms with Crippen molar-refractivity contribution in [1.82, 2.24) is 5.32 Å². The number of thioether (sulfide) groups is 1. The number of nitriles is 1. The Balaban J connectivity index is 2.66. The Morgan fingerprint density at radius 3 is 2.80 bits per heavy atom. The fraction of sp³-hybridized carbons (Fsp3) is 0.263. The normalized spacial score (nSPS) is 16.8. The van der Waals surface area contributed by atoms with E-state index in [1.807, 2.05) is 30.5 Å². The summed E-state index contributed by atoms with van der Waals surface area (Å²) in [4.78, 5) is 12.7. The number of ether oxygens (including phenoxy) is 2. The fourth-order valence-electron chi connectivity index (χ4n) is 2.77. The molecule has 1 atom stereocenters. The zero-order valence-electron chi connectivity index (χ0n) is 14.5. The molecule has 1 heterocycles. The van der Waals surface area contributed by atoms with E-state index in [1.54, 1.807) is 14.0 Å². The summed E-state index contributed by atoms with van der Waals surface area (Å²) in [6, 6.07) is 9.62. The van der Waals surface area contributed by atoms with E-state index in [0.29, 0.717) is 22.6 Å². The van der Waals surface area contributed by atoms with Crippen LogP contribution in [0.2, 0.25) is 0 Å². The van der Waals surface area contributed by atoms with Crippen molar-refractivity contribution in [3.8, 4) is 11.8 Å². The van der Waals surface area contributed by atoms with Crippen LogP contribution in [-0.4, -0.2) is 25.9 Å². The lowest BCUT2D eigenvalue weighted by molar-refractivity contribution is -0.138. The molecular formula is C19H20N2O3S. The number of methoxy groups -OCH3 is 1. The van der Waals surface area contributed by atoms with Gasteiger partial charge in [0.15, 0.2) is 0 Å². The molecule has 0 saturated carbocycles. The highest BCUT2D eigenvalue weighted by atomic mass is 32.2. The molecule has 0 fully saturated rings. The molecule has 0 unspecified atom stereocenters. The monoisotopic (exact) mass is 356 g/mol. The minimum Gasteiger partial charge on any atom is -0.496 e. The number of allylic oxidation sites excluding steroid dienone is 2. The molecule has 1 aliphatic rings. The van der Waals surface area contributed by atoms with Gasteiger partial charge in [0.25, 0.3) is 0 Å². The quantitative estimate of drug-likeness (QED) is 0.621. The third-order valence-corrected chi connectivity index (χ3v) is 4.58. The molecule has 1 N–H and O–H groups in total. The number of nitrogens with zero attached hydrogens (tertiary/aromatic N) is 1. The maximum Gasteiger partial charge on any atom is 0.337 e. The van der Waals surface area contributed by atoms with Crippen LogP contribution in [0.15, 0.2) is 58.8 Å². The van der Waals surface area contributed by atoms with Gasteiger partial charge in [-0.05, 0) is 19.2 Å². The Labute approximate surface area is 152 Å². The van der Waals surface area contributed by atoms with E-state index in [4.69, 9.17) is 9.47 Å². The molecule has 6 heteroatoms. The summed E-state index contributed by atoms with van der Waals surface area (Å²) in [5.74, 6) is -0.416. The number of hydrogen-bond acceptors (Lipinski definition) is 6. The average molecular weight is 356 g/mol. The highest BCUT2D eigenvalue weighted by Crippen LogP contribution is 2.43. The Kier molecular flexibility index (Phi) is 6.31. The highest BCUT2D eigenvalue weighted by molar-refractivity contribution is 8.02. The smallest absolute Gasteiger partial charge is 0.337 e. The first-order valence-electron chi connectivity index (χ1n) is 7.66. The van der Waals surface area contributed by atoms with Crippen LogP contribution in [0.4, 0.5) is 0 Å². The maximum atomic E-state index is 12.7. The number of carbonyl (C=O) groups is 1. The van der Waals surface area contributed by atoms with E-state index in [1.165, 1.54) is 17.8 Å². The van der Waals surface area contributed by atoms with Gasteiger partial charge in [-0.25, -0.2) is 4.79 Å². The van der Waals surface area contributed by atoms with Crippen LogP contribution in [-0.2, 0) is 9.53 Å². The Bertz CT molecular complexity index is 790. The van der Waals surface area contributed by atoms with Crippen molar-refractivity contribution >= 4 is 17.7 Å². The summed E-state index contributed by atoms with van der Waals surface area (Å²) < 4.78 is 10.7. The first-order valence-corrected chi connectivity index (χ1v) is 8.88. The molecular weight excluding hydrogens is 336 g/mol. The molecule has 1 aliphatic heterocycles. The summed E-state index contributed by atoms with van der Waals surface area (Å²) in [6.07, 6.45) is 3.39. The van der Waals surface area contributed by atoms with Crippen LogP contribution in [0.3, 0.4) is 0 Å². The second-order valence-electron chi connectivity index (χ2n) is 5.28. The summed E-state index contributed by atoms with van der Waals surface area (Å²) in [6.45, 7) is 5.47. The standard InChI is InChI=1S/C19H20N2O3S/c1-5-10-24-19(22)16-12(2)21-18(25-4)14(11-20)17(16)13-8-6-7-9-15(13)23-3/h5-9,17,21H,1,10H2,2-4H3/t17-/m0/s1. The van der Waals surface area contributed by atoms with Gasteiger partial charge in [-0.15, -0.1) is 11.8 Å². The van der Waals surface area contributed by atoms with Crippen LogP contribution in [0.5, 0.6) is 5.75 Å². The molecule has 0 spiro atoms. The molecule has 0 amide bonds. The van der Waals surface area contributed by atoms with Crippen LogP contribution in [0.25, 0.3) is 0 Å². The first-order chi connectivity index (χ1) is 12.1. The first kappa shape index (κ1) is 18.7. The second kappa shape index (κ2) is 8.45. The molecule has 130 valence electrons. The molecule has 1 aromatic carbocycles. The summed E-state index contributed by atoms with van der Waals surface area (Å²) in [5, 5.41) is 13.6. The zero-order chi connectivity index (χ0) is 18.4. The number of hydrogen-bond donors (Lipinski definition) is 1. The molecule has 0 saturated heterocycles. The van der Waals surface area contributed by atoms with Gasteiger partial charge in [0, 0.05) is 11.3 Å². The van der Waals surface area contributed by atoms with Crippen molar-refractivity contribution in [3.05, 3.63) is 64.4 Å². The predicted molar refractivity (Wildman–Crippen MR) is 98.9 cm³/mol. The molecule has 2 rings (SSSR count). The second-order valence-corrected chi connectivity index (χ2v) is 6.10. The maximum absolute atomic E-state index is 12.7. The van der Waals surface area contributed by atoms with E-state index < -0.39 is 11.9 Å². The van der Waals surface area contributed by atoms with E-state index in [2.05, 4.69) is 18.0 Å². The molecule has 1 aromatic rings. The van der Waals surface area contributed by atoms with Gasteiger partial charge in [0.2, 0.25) is 0 Å². The van der Waals surface area contributed by atoms with Crippen molar-refractivity contribution < 1.29 is 14.3 Å². The van der Waals surface area contributed by atoms with E-state index in [9.17, 15) is 10.1 Å². The summed E-state index contributed by atoms with van der Waals surface area (Å²) in [7, 11) is 1.57. The van der Waals surface area contributed by atoms with Crippen LogP contribution < -0.4 is 10.1 Å². The molecule has 0 radical (unpaired) electrons. The number of carbonyl (C=O) groups excluding carboxylic acids is 1. The minimum atomic E-state index is -0.554. The Morgan fingerprint density at radius 2 is 2.20 bits per heavy atom. The lowest BCUT2D eigenvalue weighted by Gasteiger charge is -2.29. The van der Waals surface area contributed by atoms with Gasteiger partial charge in [0.05, 0.1) is 35.3 Å². The van der Waals surface area contributed by atoms with Crippen molar-refractivity contribution in [1.29, 1.82) is 5.26 Å². The summed E-state index contributed by atoms with van der Waals surface area (Å²) in [5.41, 5.74) is 2.28. The largest absolute Gasteiger partial charge is 0.496 e. The van der Waals surface area contributed by atoms with Crippen molar-refractivity contribution in [2.75, 3.05) is 20.0 Å². The van der Waals surface area contributed by atoms with Crippen molar-refractivity contribution in [3.63, 3.8) is 0 Å². The van der Waals surface area contributed by atoms with E-state index in [0.717, 1.165) is 10.6 Å². The van der Waals surface area contributed by atoms with E-state index in [-0.39, 0.29) is 6.61 Å². The lowest BCUT2D eigenvalue weighted by Crippen LogP contribution is -2.29.